The molecule has 0 aliphatic rings. The van der Waals surface area contributed by atoms with Crippen LogP contribution in [0.3, 0.4) is 0 Å². The van der Waals surface area contributed by atoms with Gasteiger partial charge in [-0.2, -0.15) is 0 Å². The molecule has 36 valence electrons. The fourth-order valence-corrected chi connectivity index (χ4v) is 0.108. The summed E-state index contributed by atoms with van der Waals surface area (Å²) in [6.45, 7) is 1.66. The minimum Gasteiger partial charge on any atom is -0.288 e. The van der Waals surface area contributed by atoms with Crippen LogP contribution in [0, 0.1) is 17.4 Å². The van der Waals surface area contributed by atoms with Gasteiger partial charge in [-0.1, -0.05) is 11.0 Å². The first-order valence-corrected chi connectivity index (χ1v) is 1.72. The van der Waals surface area contributed by atoms with E-state index < -0.39 is 0 Å². The molecule has 0 radical (unpaired) electrons. The van der Waals surface area contributed by atoms with E-state index in [4.69, 9.17) is 5.41 Å². The van der Waals surface area contributed by atoms with Crippen LogP contribution in [-0.2, 0) is 0 Å². The summed E-state index contributed by atoms with van der Waals surface area (Å²) in [5.74, 6) is 2.49. The van der Waals surface area contributed by atoms with Crippen LogP contribution in [0.15, 0.2) is 10.2 Å². The Labute approximate surface area is 42.0 Å². The van der Waals surface area contributed by atoms with Crippen molar-refractivity contribution in [3.8, 4) is 12.0 Å². The maximum absolute atomic E-state index is 6.33. The average molecular weight is 95.1 g/mol. The molecule has 0 saturated carbocycles. The summed E-state index contributed by atoms with van der Waals surface area (Å²) in [5.41, 5.74) is 0. The minimum atomic E-state index is 0.838. The molecule has 0 aliphatic carbocycles. The highest BCUT2D eigenvalue weighted by atomic mass is 15.1. The van der Waals surface area contributed by atoms with Gasteiger partial charge < -0.3 is 0 Å². The van der Waals surface area contributed by atoms with Gasteiger partial charge in [-0.05, 0) is 6.92 Å². The molecule has 0 atom stereocenters. The molecule has 0 amide bonds. The molecule has 0 unspecified atom stereocenters. The van der Waals surface area contributed by atoms with Crippen molar-refractivity contribution in [3.05, 3.63) is 0 Å². The molecule has 0 aliphatic heterocycles. The van der Waals surface area contributed by atoms with Gasteiger partial charge in [-0.15, -0.1) is 5.11 Å². The van der Waals surface area contributed by atoms with Crippen molar-refractivity contribution in [1.82, 2.24) is 0 Å². The standard InChI is InChI=1S/C4H5N3/c1-2-3-6-7-4-5/h4-5H,1H3. The van der Waals surface area contributed by atoms with Gasteiger partial charge in [0.1, 0.15) is 6.34 Å². The molecule has 0 rings (SSSR count). The lowest BCUT2D eigenvalue weighted by molar-refractivity contribution is 1.32. The van der Waals surface area contributed by atoms with E-state index in [9.17, 15) is 0 Å². The molecule has 0 aromatic rings. The molecule has 0 saturated heterocycles. The zero-order valence-electron chi connectivity index (χ0n) is 3.97. The normalized spacial score (nSPS) is 7.57. The van der Waals surface area contributed by atoms with Gasteiger partial charge in [0.15, 0.2) is 0 Å². The molecular weight excluding hydrogens is 90.1 g/mol. The molecule has 1 N–H and O–H groups in total. The van der Waals surface area contributed by atoms with Crippen LogP contribution in [-0.4, -0.2) is 6.34 Å². The Morgan fingerprint density at radius 3 is 2.86 bits per heavy atom. The van der Waals surface area contributed by atoms with Gasteiger partial charge in [0.05, 0.1) is 6.04 Å². The lowest BCUT2D eigenvalue weighted by Gasteiger charge is -1.59. The van der Waals surface area contributed by atoms with Crippen molar-refractivity contribution >= 4 is 6.34 Å². The first kappa shape index (κ1) is 5.83. The highest BCUT2D eigenvalue weighted by Crippen LogP contribution is 1.62. The molecule has 0 aromatic heterocycles. The monoisotopic (exact) mass is 95.0 g/mol. The number of hydrogen-bond acceptors (Lipinski definition) is 2. The Hall–Kier alpha value is -1.17. The second-order valence-corrected chi connectivity index (χ2v) is 0.706. The van der Waals surface area contributed by atoms with Crippen molar-refractivity contribution in [2.45, 2.75) is 6.92 Å². The number of nitrogens with zero attached hydrogens (tertiary/aromatic N) is 2. The van der Waals surface area contributed by atoms with Crippen LogP contribution in [0.4, 0.5) is 0 Å². The zero-order valence-corrected chi connectivity index (χ0v) is 3.97. The van der Waals surface area contributed by atoms with E-state index in [1.54, 1.807) is 6.92 Å². The maximum Gasteiger partial charge on any atom is 0.130 e. The lowest BCUT2D eigenvalue weighted by atomic mass is 10.8. The first-order valence-electron chi connectivity index (χ1n) is 1.72. The van der Waals surface area contributed by atoms with E-state index in [1.165, 1.54) is 0 Å². The molecule has 0 bridgehead atoms. The van der Waals surface area contributed by atoms with Gasteiger partial charge in [0.25, 0.3) is 0 Å². The van der Waals surface area contributed by atoms with Crippen LogP contribution in [0.5, 0.6) is 0 Å². The highest BCUT2D eigenvalue weighted by molar-refractivity contribution is 5.49. The summed E-state index contributed by atoms with van der Waals surface area (Å²) in [7, 11) is 0. The molecule has 3 heteroatoms. The Morgan fingerprint density at radius 1 is 1.71 bits per heavy atom. The summed E-state index contributed by atoms with van der Waals surface area (Å²) in [4.78, 5) is 0. The summed E-state index contributed by atoms with van der Waals surface area (Å²) in [6, 6.07) is 2.31. The first-order chi connectivity index (χ1) is 3.41. The zero-order chi connectivity index (χ0) is 5.54. The minimum absolute atomic E-state index is 0.838. The van der Waals surface area contributed by atoms with E-state index in [0.29, 0.717) is 0 Å². The van der Waals surface area contributed by atoms with Gasteiger partial charge in [0, 0.05) is 0 Å². The number of azo groups is 1. The van der Waals surface area contributed by atoms with Crippen LogP contribution in [0.25, 0.3) is 0 Å². The summed E-state index contributed by atoms with van der Waals surface area (Å²) in [6.07, 6.45) is 0.838. The second-order valence-electron chi connectivity index (χ2n) is 0.706. The lowest BCUT2D eigenvalue weighted by Crippen LogP contribution is -1.51. The predicted octanol–water partition coefficient (Wildman–Crippen LogP) is 1.03. The SMILES string of the molecule is CC#CN=NC=N. The van der Waals surface area contributed by atoms with E-state index in [1.807, 2.05) is 0 Å². The molecule has 7 heavy (non-hydrogen) atoms. The van der Waals surface area contributed by atoms with Gasteiger partial charge >= 0.3 is 0 Å². The largest absolute Gasteiger partial charge is 0.288 e. The topological polar surface area (TPSA) is 48.6 Å². The van der Waals surface area contributed by atoms with E-state index in [0.717, 1.165) is 6.34 Å². The van der Waals surface area contributed by atoms with Crippen molar-refractivity contribution in [2.24, 2.45) is 10.2 Å². The molecule has 0 spiro atoms. The van der Waals surface area contributed by atoms with E-state index >= 15 is 0 Å². The highest BCUT2D eigenvalue weighted by Gasteiger charge is 1.51. The third-order valence-electron chi connectivity index (χ3n) is 0.277. The second kappa shape index (κ2) is 4.83. The van der Waals surface area contributed by atoms with Crippen molar-refractivity contribution in [1.29, 1.82) is 5.41 Å². The molecule has 0 fully saturated rings. The predicted molar refractivity (Wildman–Crippen MR) is 27.1 cm³/mol. The summed E-state index contributed by atoms with van der Waals surface area (Å²) < 4.78 is 0. The van der Waals surface area contributed by atoms with Crippen LogP contribution < -0.4 is 0 Å². The van der Waals surface area contributed by atoms with Gasteiger partial charge in [-0.25, -0.2) is 0 Å². The number of rotatable bonds is 1. The average Bonchev–Trinajstić information content (AvgIpc) is 1.69. The quantitative estimate of drug-likeness (QED) is 0.219. The molecular formula is C4H5N3. The van der Waals surface area contributed by atoms with Crippen LogP contribution in [0.1, 0.15) is 6.92 Å². The third kappa shape index (κ3) is 4.83. The third-order valence-corrected chi connectivity index (χ3v) is 0.277. The Kier molecular flexibility index (Phi) is 4.02. The Bertz CT molecular complexity index is 126. The summed E-state index contributed by atoms with van der Waals surface area (Å²) >= 11 is 0. The van der Waals surface area contributed by atoms with E-state index in [2.05, 4.69) is 22.2 Å². The van der Waals surface area contributed by atoms with E-state index in [-0.39, 0.29) is 0 Å². The van der Waals surface area contributed by atoms with Crippen molar-refractivity contribution in [3.63, 3.8) is 0 Å². The van der Waals surface area contributed by atoms with Gasteiger partial charge in [-0.3, -0.25) is 5.41 Å². The smallest absolute Gasteiger partial charge is 0.130 e. The van der Waals surface area contributed by atoms with Crippen molar-refractivity contribution in [2.75, 3.05) is 0 Å². The van der Waals surface area contributed by atoms with Crippen LogP contribution in [0.2, 0.25) is 0 Å². The molecule has 3 nitrogen and oxygen atoms in total. The number of nitrogens with one attached hydrogen (secondary N) is 1. The Balaban J connectivity index is 3.40. The molecule has 0 heterocycles. The molecule has 0 aromatic carbocycles. The fourth-order valence-electron chi connectivity index (χ4n) is 0.108. The maximum atomic E-state index is 6.33. The number of hydrogen-bond donors (Lipinski definition) is 1. The van der Waals surface area contributed by atoms with Crippen LogP contribution >= 0.6 is 0 Å². The van der Waals surface area contributed by atoms with Crippen molar-refractivity contribution < 1.29 is 0 Å². The summed E-state index contributed by atoms with van der Waals surface area (Å²) in [5, 5.41) is 12.7. The fraction of sp³-hybridized carbons (Fsp3) is 0.250. The Morgan fingerprint density at radius 2 is 2.43 bits per heavy atom. The van der Waals surface area contributed by atoms with Gasteiger partial charge in [0.2, 0.25) is 0 Å².